The molecule has 1 aliphatic heterocycles. The van der Waals surface area contributed by atoms with Gasteiger partial charge in [-0.3, -0.25) is 4.79 Å². The van der Waals surface area contributed by atoms with Gasteiger partial charge in [0.15, 0.2) is 0 Å². The molecule has 0 saturated carbocycles. The van der Waals surface area contributed by atoms with Gasteiger partial charge in [-0.2, -0.15) is 0 Å². The van der Waals surface area contributed by atoms with Crippen LogP contribution in [0.2, 0.25) is 0 Å². The lowest BCUT2D eigenvalue weighted by Gasteiger charge is -2.26. The molecule has 2 atom stereocenters. The van der Waals surface area contributed by atoms with Crippen LogP contribution < -0.4 is 11.1 Å². The van der Waals surface area contributed by atoms with Crippen molar-refractivity contribution in [3.63, 3.8) is 0 Å². The van der Waals surface area contributed by atoms with Crippen molar-refractivity contribution in [2.45, 2.75) is 25.4 Å². The van der Waals surface area contributed by atoms with Gasteiger partial charge in [-0.25, -0.2) is 0 Å². The Hall–Kier alpha value is -0.650. The molecule has 0 aromatic heterocycles. The third kappa shape index (κ3) is 2.67. The first-order chi connectivity index (χ1) is 6.46. The predicted molar refractivity (Wildman–Crippen MR) is 51.6 cm³/mol. The number of amides is 1. The van der Waals surface area contributed by atoms with Crippen molar-refractivity contribution in [2.24, 2.45) is 11.7 Å². The minimum Gasteiger partial charge on any atom is -0.394 e. The zero-order valence-corrected chi connectivity index (χ0v) is 8.62. The average Bonchev–Trinajstić information content (AvgIpc) is 2.51. The molecule has 0 spiro atoms. The molecule has 0 aromatic carbocycles. The maximum Gasteiger partial charge on any atom is 0.227 e. The molecule has 2 unspecified atom stereocenters. The molecule has 1 saturated heterocycles. The molecule has 0 aliphatic carbocycles. The molecule has 1 aliphatic rings. The number of rotatable bonds is 3. The van der Waals surface area contributed by atoms with Gasteiger partial charge in [0.05, 0.1) is 31.3 Å². The number of hydrogen-bond acceptors (Lipinski definition) is 4. The molecule has 1 rings (SSSR count). The molecule has 1 amide bonds. The van der Waals surface area contributed by atoms with Crippen LogP contribution in [0, 0.1) is 5.92 Å². The number of ether oxygens (including phenoxy) is 1. The summed E-state index contributed by atoms with van der Waals surface area (Å²) in [4.78, 5) is 11.6. The third-order valence-electron chi connectivity index (χ3n) is 2.32. The smallest absolute Gasteiger partial charge is 0.227 e. The Morgan fingerprint density at radius 2 is 2.29 bits per heavy atom. The number of hydrogen-bond donors (Lipinski definition) is 3. The third-order valence-corrected chi connectivity index (χ3v) is 2.32. The fraction of sp³-hybridized carbons (Fsp3) is 0.889. The number of aliphatic hydroxyl groups is 1. The van der Waals surface area contributed by atoms with E-state index in [4.69, 9.17) is 15.6 Å². The fourth-order valence-electron chi connectivity index (χ4n) is 1.31. The summed E-state index contributed by atoms with van der Waals surface area (Å²) in [6.45, 7) is 4.21. The zero-order chi connectivity index (χ0) is 10.8. The second-order valence-corrected chi connectivity index (χ2v) is 4.34. The number of aliphatic hydroxyl groups excluding tert-OH is 1. The first-order valence-electron chi connectivity index (χ1n) is 4.72. The highest BCUT2D eigenvalue weighted by atomic mass is 16.5. The van der Waals surface area contributed by atoms with Crippen molar-refractivity contribution in [2.75, 3.05) is 19.8 Å². The number of nitrogens with two attached hydrogens (primary N) is 1. The summed E-state index contributed by atoms with van der Waals surface area (Å²) < 4.78 is 5.09. The largest absolute Gasteiger partial charge is 0.394 e. The summed E-state index contributed by atoms with van der Waals surface area (Å²) in [6, 6.07) is -0.232. The van der Waals surface area contributed by atoms with Crippen LogP contribution in [0.15, 0.2) is 0 Å². The van der Waals surface area contributed by atoms with E-state index in [0.29, 0.717) is 13.2 Å². The second-order valence-electron chi connectivity index (χ2n) is 4.34. The van der Waals surface area contributed by atoms with E-state index in [2.05, 4.69) is 5.32 Å². The van der Waals surface area contributed by atoms with Gasteiger partial charge in [-0.05, 0) is 13.8 Å². The molecule has 82 valence electrons. The molecule has 14 heavy (non-hydrogen) atoms. The monoisotopic (exact) mass is 202 g/mol. The van der Waals surface area contributed by atoms with Gasteiger partial charge < -0.3 is 20.9 Å². The van der Waals surface area contributed by atoms with Crippen LogP contribution in [-0.4, -0.2) is 42.4 Å². The van der Waals surface area contributed by atoms with Crippen molar-refractivity contribution < 1.29 is 14.6 Å². The maximum atomic E-state index is 11.6. The Bertz CT molecular complexity index is 218. The Labute approximate surface area is 83.6 Å². The first kappa shape index (κ1) is 11.4. The molecule has 5 nitrogen and oxygen atoms in total. The van der Waals surface area contributed by atoms with Gasteiger partial charge in [-0.1, -0.05) is 0 Å². The fourth-order valence-corrected chi connectivity index (χ4v) is 1.31. The highest BCUT2D eigenvalue weighted by Gasteiger charge is 2.33. The highest BCUT2D eigenvalue weighted by Crippen LogP contribution is 2.13. The first-order valence-corrected chi connectivity index (χ1v) is 4.72. The lowest BCUT2D eigenvalue weighted by molar-refractivity contribution is -0.127. The number of carbonyl (C=O) groups excluding carboxylic acids is 1. The molecule has 0 aromatic rings. The van der Waals surface area contributed by atoms with Gasteiger partial charge in [-0.15, -0.1) is 0 Å². The van der Waals surface area contributed by atoms with Crippen molar-refractivity contribution in [3.05, 3.63) is 0 Å². The Balaban J connectivity index is 2.49. The van der Waals surface area contributed by atoms with E-state index in [1.807, 2.05) is 0 Å². The zero-order valence-electron chi connectivity index (χ0n) is 8.62. The van der Waals surface area contributed by atoms with Gasteiger partial charge in [0.1, 0.15) is 0 Å². The lowest BCUT2D eigenvalue weighted by atomic mass is 10.0. The molecule has 0 radical (unpaired) electrons. The number of nitrogens with one attached hydrogen (secondary N) is 1. The van der Waals surface area contributed by atoms with Crippen LogP contribution in [-0.2, 0) is 9.53 Å². The van der Waals surface area contributed by atoms with Crippen molar-refractivity contribution >= 4 is 5.91 Å². The van der Waals surface area contributed by atoms with Crippen LogP contribution >= 0.6 is 0 Å². The summed E-state index contributed by atoms with van der Waals surface area (Å²) >= 11 is 0. The van der Waals surface area contributed by atoms with Crippen LogP contribution in [0.4, 0.5) is 0 Å². The average molecular weight is 202 g/mol. The highest BCUT2D eigenvalue weighted by molar-refractivity contribution is 5.80. The van der Waals surface area contributed by atoms with E-state index in [1.54, 1.807) is 13.8 Å². The quantitative estimate of drug-likeness (QED) is 0.539. The van der Waals surface area contributed by atoms with Crippen molar-refractivity contribution in [1.82, 2.24) is 5.32 Å². The summed E-state index contributed by atoms with van der Waals surface area (Å²) in [6.07, 6.45) is 0. The SMILES string of the molecule is CC(C)(CO)NC(=O)C1COCC1N. The molecule has 0 bridgehead atoms. The maximum absolute atomic E-state index is 11.6. The van der Waals surface area contributed by atoms with Gasteiger partial charge in [0.25, 0.3) is 0 Å². The van der Waals surface area contributed by atoms with Crippen molar-refractivity contribution in [1.29, 1.82) is 0 Å². The Morgan fingerprint density at radius 3 is 2.71 bits per heavy atom. The van der Waals surface area contributed by atoms with Crippen LogP contribution in [0.5, 0.6) is 0 Å². The topological polar surface area (TPSA) is 84.6 Å². The normalized spacial score (nSPS) is 27.7. The Morgan fingerprint density at radius 1 is 1.64 bits per heavy atom. The van der Waals surface area contributed by atoms with Crippen molar-refractivity contribution in [3.8, 4) is 0 Å². The van der Waals surface area contributed by atoms with E-state index in [9.17, 15) is 4.79 Å². The number of carbonyl (C=O) groups is 1. The van der Waals surface area contributed by atoms with E-state index in [-0.39, 0.29) is 24.5 Å². The summed E-state index contributed by atoms with van der Waals surface area (Å²) in [5, 5.41) is 11.7. The summed E-state index contributed by atoms with van der Waals surface area (Å²) in [5.41, 5.74) is 5.09. The van der Waals surface area contributed by atoms with Crippen LogP contribution in [0.25, 0.3) is 0 Å². The van der Waals surface area contributed by atoms with Gasteiger partial charge in [0.2, 0.25) is 5.91 Å². The summed E-state index contributed by atoms with van der Waals surface area (Å²) in [7, 11) is 0. The van der Waals surface area contributed by atoms with E-state index in [0.717, 1.165) is 0 Å². The summed E-state index contributed by atoms with van der Waals surface area (Å²) in [5.74, 6) is -0.435. The minimum absolute atomic E-state index is 0.0957. The predicted octanol–water partition coefficient (Wildman–Crippen LogP) is -1.15. The van der Waals surface area contributed by atoms with E-state index >= 15 is 0 Å². The van der Waals surface area contributed by atoms with Crippen LogP contribution in [0.1, 0.15) is 13.8 Å². The standard InChI is InChI=1S/C9H18N2O3/c1-9(2,5-12)11-8(13)6-3-14-4-7(6)10/h6-7,12H,3-5,10H2,1-2H3,(H,11,13). The van der Waals surface area contributed by atoms with Crippen LogP contribution in [0.3, 0.4) is 0 Å². The molecule has 4 N–H and O–H groups in total. The lowest BCUT2D eigenvalue weighted by Crippen LogP contribution is -2.51. The molecular weight excluding hydrogens is 184 g/mol. The van der Waals surface area contributed by atoms with Gasteiger partial charge >= 0.3 is 0 Å². The molecule has 5 heteroatoms. The van der Waals surface area contributed by atoms with Gasteiger partial charge in [0, 0.05) is 6.04 Å². The minimum atomic E-state index is -0.598. The second kappa shape index (κ2) is 4.25. The Kier molecular flexibility index (Phi) is 3.47. The van der Waals surface area contributed by atoms with E-state index in [1.165, 1.54) is 0 Å². The molecule has 1 heterocycles. The molecular formula is C9H18N2O3. The molecule has 1 fully saturated rings. The van der Waals surface area contributed by atoms with E-state index < -0.39 is 5.54 Å².